The van der Waals surface area contributed by atoms with Crippen LogP contribution in [0.5, 0.6) is 0 Å². The molecule has 11 nitrogen and oxygen atoms in total. The lowest BCUT2D eigenvalue weighted by Gasteiger charge is -2.31. The normalized spacial score (nSPS) is 14.4. The second kappa shape index (κ2) is 11.2. The Labute approximate surface area is 195 Å². The fourth-order valence-electron chi connectivity index (χ4n) is 3.98. The van der Waals surface area contributed by atoms with E-state index in [1.165, 1.54) is 6.07 Å². The number of aliphatic hydroxyl groups excluding tert-OH is 1. The summed E-state index contributed by atoms with van der Waals surface area (Å²) in [5.41, 5.74) is 1.27. The molecule has 2 aromatic carbocycles. The maximum Gasteiger partial charge on any atom is 0.323 e. The molecule has 1 aromatic heterocycles. The van der Waals surface area contributed by atoms with E-state index in [4.69, 9.17) is 14.5 Å². The highest BCUT2D eigenvalue weighted by Gasteiger charge is 2.28. The molecule has 0 amide bonds. The van der Waals surface area contributed by atoms with Crippen LogP contribution in [0.15, 0.2) is 35.0 Å². The molecule has 1 saturated heterocycles. The van der Waals surface area contributed by atoms with E-state index >= 15 is 0 Å². The molecule has 0 atom stereocenters. The van der Waals surface area contributed by atoms with Crippen LogP contribution in [-0.2, 0) is 11.3 Å². The second-order valence-corrected chi connectivity index (χ2v) is 7.98. The van der Waals surface area contributed by atoms with E-state index in [1.54, 1.807) is 24.3 Å². The first-order valence-corrected chi connectivity index (χ1v) is 11.2. The Morgan fingerprint density at radius 2 is 2.00 bits per heavy atom. The number of aliphatic hydroxyl groups is 1. The SMILES string of the molecule is O=[N+]([O-])c1c(NCCCO)cc(N(CCN2CCOCC2)Cc2ccccc2F)c2nonc12. The average molecular weight is 474 g/mol. The zero-order valence-corrected chi connectivity index (χ0v) is 18.7. The van der Waals surface area contributed by atoms with Gasteiger partial charge in [0.05, 0.1) is 23.8 Å². The van der Waals surface area contributed by atoms with Crippen molar-refractivity contribution in [1.82, 2.24) is 15.2 Å². The molecule has 1 aliphatic rings. The summed E-state index contributed by atoms with van der Waals surface area (Å²) in [6.45, 7) is 4.61. The average Bonchev–Trinajstić information content (AvgIpc) is 3.32. The number of rotatable bonds is 11. The number of fused-ring (bicyclic) bond motifs is 1. The Morgan fingerprint density at radius 1 is 1.24 bits per heavy atom. The van der Waals surface area contributed by atoms with Gasteiger partial charge in [-0.05, 0) is 28.9 Å². The van der Waals surface area contributed by atoms with E-state index in [9.17, 15) is 14.5 Å². The number of hydrogen-bond donors (Lipinski definition) is 2. The number of nitrogens with one attached hydrogen (secondary N) is 1. The molecule has 0 spiro atoms. The first-order valence-electron chi connectivity index (χ1n) is 11.2. The molecule has 3 aromatic rings. The van der Waals surface area contributed by atoms with E-state index < -0.39 is 4.92 Å². The van der Waals surface area contributed by atoms with Crippen LogP contribution < -0.4 is 10.2 Å². The number of ether oxygens (including phenoxy) is 1. The highest BCUT2D eigenvalue weighted by atomic mass is 19.1. The van der Waals surface area contributed by atoms with Gasteiger partial charge in [0.1, 0.15) is 11.5 Å². The van der Waals surface area contributed by atoms with Gasteiger partial charge in [0.25, 0.3) is 0 Å². The maximum atomic E-state index is 14.5. The lowest BCUT2D eigenvalue weighted by Crippen LogP contribution is -2.41. The lowest BCUT2D eigenvalue weighted by molar-refractivity contribution is -0.382. The third kappa shape index (κ3) is 5.41. The number of nitro benzene ring substituents is 1. The van der Waals surface area contributed by atoms with Gasteiger partial charge in [-0.1, -0.05) is 18.2 Å². The quantitative estimate of drug-likeness (QED) is 0.243. The fourth-order valence-corrected chi connectivity index (χ4v) is 3.98. The predicted octanol–water partition coefficient (Wildman–Crippen LogP) is 2.40. The van der Waals surface area contributed by atoms with E-state index in [2.05, 4.69) is 20.5 Å². The van der Waals surface area contributed by atoms with Crippen LogP contribution >= 0.6 is 0 Å². The van der Waals surface area contributed by atoms with Gasteiger partial charge in [-0.25, -0.2) is 9.02 Å². The molecule has 0 bridgehead atoms. The van der Waals surface area contributed by atoms with Crippen molar-refractivity contribution < 1.29 is 23.8 Å². The van der Waals surface area contributed by atoms with E-state index in [0.29, 0.717) is 50.5 Å². The first kappa shape index (κ1) is 23.8. The lowest BCUT2D eigenvalue weighted by atomic mass is 10.1. The van der Waals surface area contributed by atoms with Crippen LogP contribution in [0.2, 0.25) is 0 Å². The number of nitro groups is 1. The zero-order chi connectivity index (χ0) is 23.9. The van der Waals surface area contributed by atoms with E-state index in [-0.39, 0.29) is 41.4 Å². The largest absolute Gasteiger partial charge is 0.396 e. The van der Waals surface area contributed by atoms with Gasteiger partial charge in [-0.2, -0.15) is 0 Å². The molecular formula is C22H27FN6O5. The van der Waals surface area contributed by atoms with Gasteiger partial charge in [-0.3, -0.25) is 15.0 Å². The summed E-state index contributed by atoms with van der Waals surface area (Å²) in [5, 5.41) is 31.7. The summed E-state index contributed by atoms with van der Waals surface area (Å²) in [6.07, 6.45) is 0.414. The van der Waals surface area contributed by atoms with Gasteiger partial charge in [0, 0.05) is 51.4 Å². The molecule has 1 aliphatic heterocycles. The van der Waals surface area contributed by atoms with E-state index in [0.717, 1.165) is 13.1 Å². The van der Waals surface area contributed by atoms with Crippen molar-refractivity contribution in [2.24, 2.45) is 0 Å². The zero-order valence-electron chi connectivity index (χ0n) is 18.7. The Bertz CT molecular complexity index is 1120. The van der Waals surface area contributed by atoms with Crippen LogP contribution in [-0.4, -0.2) is 77.8 Å². The minimum atomic E-state index is -0.535. The van der Waals surface area contributed by atoms with Crippen molar-refractivity contribution in [3.63, 3.8) is 0 Å². The molecule has 2 N–H and O–H groups in total. The number of halogens is 1. The third-order valence-electron chi connectivity index (χ3n) is 5.77. The maximum absolute atomic E-state index is 14.5. The summed E-state index contributed by atoms with van der Waals surface area (Å²) in [5.74, 6) is -0.336. The summed E-state index contributed by atoms with van der Waals surface area (Å²) >= 11 is 0. The number of nitrogens with zero attached hydrogens (tertiary/aromatic N) is 5. The van der Waals surface area contributed by atoms with Crippen molar-refractivity contribution in [2.75, 3.05) is 62.8 Å². The number of hydrogen-bond acceptors (Lipinski definition) is 10. The van der Waals surface area contributed by atoms with Gasteiger partial charge < -0.3 is 20.1 Å². The summed E-state index contributed by atoms with van der Waals surface area (Å²) in [7, 11) is 0. The number of aromatic nitrogens is 2. The third-order valence-corrected chi connectivity index (χ3v) is 5.77. The number of morpholine rings is 1. The molecular weight excluding hydrogens is 447 g/mol. The minimum Gasteiger partial charge on any atom is -0.396 e. The summed E-state index contributed by atoms with van der Waals surface area (Å²) < 4.78 is 24.9. The molecule has 34 heavy (non-hydrogen) atoms. The van der Waals surface area contributed by atoms with Crippen LogP contribution in [0, 0.1) is 15.9 Å². The Balaban J connectivity index is 1.73. The van der Waals surface area contributed by atoms with Crippen molar-refractivity contribution in [3.8, 4) is 0 Å². The van der Waals surface area contributed by atoms with Crippen molar-refractivity contribution in [1.29, 1.82) is 0 Å². The van der Waals surface area contributed by atoms with Crippen LogP contribution in [0.1, 0.15) is 12.0 Å². The number of benzene rings is 2. The first-order chi connectivity index (χ1) is 16.6. The molecule has 0 unspecified atom stereocenters. The summed E-state index contributed by atoms with van der Waals surface area (Å²) in [4.78, 5) is 15.5. The Hall–Kier alpha value is -3.35. The predicted molar refractivity (Wildman–Crippen MR) is 123 cm³/mol. The van der Waals surface area contributed by atoms with Crippen LogP contribution in [0.25, 0.3) is 11.0 Å². The smallest absolute Gasteiger partial charge is 0.323 e. The Morgan fingerprint density at radius 3 is 2.74 bits per heavy atom. The topological polar surface area (TPSA) is 130 Å². The van der Waals surface area contributed by atoms with Gasteiger partial charge >= 0.3 is 5.69 Å². The molecule has 0 aliphatic carbocycles. The molecule has 12 heteroatoms. The van der Waals surface area contributed by atoms with Crippen molar-refractivity contribution in [2.45, 2.75) is 13.0 Å². The number of anilines is 2. The molecule has 1 fully saturated rings. The van der Waals surface area contributed by atoms with Crippen molar-refractivity contribution in [3.05, 3.63) is 51.8 Å². The minimum absolute atomic E-state index is 0.0129. The summed E-state index contributed by atoms with van der Waals surface area (Å²) in [6, 6.07) is 8.14. The molecule has 182 valence electrons. The van der Waals surface area contributed by atoms with Gasteiger partial charge in [0.15, 0.2) is 5.52 Å². The standard InChI is InChI=1S/C22H27FN6O5/c23-17-5-2-1-4-16(17)15-28(8-7-27-9-12-33-13-10-27)19-14-18(24-6-3-11-30)22(29(31)32)21-20(19)25-34-26-21/h1-2,4-5,14,24,30H,3,6-13,15H2. The second-order valence-electron chi connectivity index (χ2n) is 7.98. The Kier molecular flexibility index (Phi) is 7.83. The molecule has 0 saturated carbocycles. The molecule has 4 rings (SSSR count). The van der Waals surface area contributed by atoms with Gasteiger partial charge in [0.2, 0.25) is 5.52 Å². The van der Waals surface area contributed by atoms with Crippen LogP contribution in [0.4, 0.5) is 21.5 Å². The van der Waals surface area contributed by atoms with E-state index in [1.807, 2.05) is 4.90 Å². The highest BCUT2D eigenvalue weighted by molar-refractivity contribution is 5.99. The van der Waals surface area contributed by atoms with Crippen molar-refractivity contribution >= 4 is 28.1 Å². The monoisotopic (exact) mass is 474 g/mol. The van der Waals surface area contributed by atoms with Gasteiger partial charge in [-0.15, -0.1) is 0 Å². The molecule has 2 heterocycles. The van der Waals surface area contributed by atoms with Crippen LogP contribution in [0.3, 0.4) is 0 Å². The fraction of sp³-hybridized carbons (Fsp3) is 0.455. The molecule has 0 radical (unpaired) electrons. The highest BCUT2D eigenvalue weighted by Crippen LogP contribution is 2.39.